The lowest BCUT2D eigenvalue weighted by molar-refractivity contribution is -0.117. The van der Waals surface area contributed by atoms with Crippen LogP contribution in [0.5, 0.6) is 5.75 Å². The molecule has 1 heterocycles. The van der Waals surface area contributed by atoms with Crippen molar-refractivity contribution in [3.8, 4) is 5.75 Å². The number of Topliss-reactive ketones (excluding diaryl/α,β-unsaturated/α-hetero) is 1. The van der Waals surface area contributed by atoms with Crippen molar-refractivity contribution in [1.29, 1.82) is 0 Å². The second-order valence-electron chi connectivity index (χ2n) is 3.44. The Hall–Kier alpha value is -2.10. The van der Waals surface area contributed by atoms with Crippen molar-refractivity contribution in [2.45, 2.75) is 0 Å². The Balaban J connectivity index is 2.28. The van der Waals surface area contributed by atoms with E-state index in [0.29, 0.717) is 0 Å². The number of amides is 1. The van der Waals surface area contributed by atoms with Crippen LogP contribution in [-0.2, 0) is 9.59 Å². The van der Waals surface area contributed by atoms with Crippen molar-refractivity contribution >= 4 is 17.8 Å². The lowest BCUT2D eigenvalue weighted by atomic mass is 10.1. The van der Waals surface area contributed by atoms with Crippen LogP contribution in [-0.4, -0.2) is 25.3 Å². The number of carbonyl (C=O) groups excluding carboxylic acids is 2. The van der Waals surface area contributed by atoms with Crippen molar-refractivity contribution in [3.63, 3.8) is 0 Å². The van der Waals surface area contributed by atoms with Gasteiger partial charge in [-0.15, -0.1) is 0 Å². The first-order chi connectivity index (χ1) is 7.70. The standard InChI is InChI=1S/C12H11NO3/c1-16-9-4-2-8(3-5-9)6-10-11(14)7-13-12(10)15/h2-6H,7H2,1H3,(H,13,15). The van der Waals surface area contributed by atoms with Gasteiger partial charge in [0.2, 0.25) is 0 Å². The van der Waals surface area contributed by atoms with Crippen molar-refractivity contribution in [2.75, 3.05) is 13.7 Å². The van der Waals surface area contributed by atoms with E-state index >= 15 is 0 Å². The highest BCUT2D eigenvalue weighted by atomic mass is 16.5. The molecule has 1 aliphatic rings. The molecule has 82 valence electrons. The fourth-order valence-corrected chi connectivity index (χ4v) is 1.49. The molecule has 0 saturated carbocycles. The average molecular weight is 217 g/mol. The first-order valence-corrected chi connectivity index (χ1v) is 4.88. The van der Waals surface area contributed by atoms with E-state index < -0.39 is 0 Å². The second kappa shape index (κ2) is 4.18. The summed E-state index contributed by atoms with van der Waals surface area (Å²) in [5, 5.41) is 2.48. The molecule has 0 aromatic heterocycles. The van der Waals surface area contributed by atoms with E-state index in [4.69, 9.17) is 4.74 Å². The summed E-state index contributed by atoms with van der Waals surface area (Å²) < 4.78 is 5.01. The zero-order valence-electron chi connectivity index (χ0n) is 8.82. The summed E-state index contributed by atoms with van der Waals surface area (Å²) >= 11 is 0. The molecule has 1 aromatic carbocycles. The van der Waals surface area contributed by atoms with Crippen molar-refractivity contribution in [1.82, 2.24) is 5.32 Å². The molecule has 0 unspecified atom stereocenters. The lowest BCUT2D eigenvalue weighted by Gasteiger charge is -1.99. The fraction of sp³-hybridized carbons (Fsp3) is 0.167. The summed E-state index contributed by atoms with van der Waals surface area (Å²) in [6, 6.07) is 7.16. The number of ether oxygens (including phenoxy) is 1. The third-order valence-electron chi connectivity index (χ3n) is 2.38. The van der Waals surface area contributed by atoms with Crippen LogP contribution < -0.4 is 10.1 Å². The molecule has 0 bridgehead atoms. The van der Waals surface area contributed by atoms with Gasteiger partial charge in [-0.2, -0.15) is 0 Å². The maximum Gasteiger partial charge on any atom is 0.255 e. The van der Waals surface area contributed by atoms with Gasteiger partial charge in [-0.05, 0) is 23.8 Å². The average Bonchev–Trinajstić information content (AvgIpc) is 2.62. The molecule has 1 aromatic rings. The van der Waals surface area contributed by atoms with E-state index in [1.54, 1.807) is 37.5 Å². The molecule has 0 aliphatic carbocycles. The van der Waals surface area contributed by atoms with Crippen molar-refractivity contribution in [2.24, 2.45) is 0 Å². The molecule has 1 saturated heterocycles. The highest BCUT2D eigenvalue weighted by Crippen LogP contribution is 2.15. The van der Waals surface area contributed by atoms with Crippen LogP contribution in [0.2, 0.25) is 0 Å². The highest BCUT2D eigenvalue weighted by Gasteiger charge is 2.24. The third-order valence-corrected chi connectivity index (χ3v) is 2.38. The summed E-state index contributed by atoms with van der Waals surface area (Å²) in [6.45, 7) is 0.0980. The molecule has 1 aliphatic heterocycles. The summed E-state index contributed by atoms with van der Waals surface area (Å²) in [5.74, 6) is 0.269. The highest BCUT2D eigenvalue weighted by molar-refractivity contribution is 6.27. The SMILES string of the molecule is COc1ccc(C=C2C(=O)CNC2=O)cc1. The Labute approximate surface area is 92.9 Å². The molecule has 0 spiro atoms. The van der Waals surface area contributed by atoms with Gasteiger partial charge in [0.05, 0.1) is 19.2 Å². The van der Waals surface area contributed by atoms with Crippen LogP contribution in [0.4, 0.5) is 0 Å². The van der Waals surface area contributed by atoms with Gasteiger partial charge >= 0.3 is 0 Å². The second-order valence-corrected chi connectivity index (χ2v) is 3.44. The van der Waals surface area contributed by atoms with Crippen LogP contribution in [0.25, 0.3) is 6.08 Å². The van der Waals surface area contributed by atoms with E-state index in [2.05, 4.69) is 5.32 Å². The summed E-state index contributed by atoms with van der Waals surface area (Å²) in [4.78, 5) is 22.6. The molecule has 2 rings (SSSR count). The molecule has 0 radical (unpaired) electrons. The zero-order valence-corrected chi connectivity index (χ0v) is 8.82. The van der Waals surface area contributed by atoms with Crippen LogP contribution in [0.1, 0.15) is 5.56 Å². The minimum absolute atomic E-state index is 0.0980. The number of hydrogen-bond donors (Lipinski definition) is 1. The van der Waals surface area contributed by atoms with Gasteiger partial charge in [0.1, 0.15) is 5.75 Å². The number of nitrogens with one attached hydrogen (secondary N) is 1. The van der Waals surface area contributed by atoms with Crippen molar-refractivity contribution < 1.29 is 14.3 Å². The van der Waals surface area contributed by atoms with Gasteiger partial charge in [-0.25, -0.2) is 0 Å². The Bertz CT molecular complexity index is 442. The predicted octanol–water partition coefficient (Wildman–Crippen LogP) is 0.778. The normalized spacial score (nSPS) is 17.7. The maximum absolute atomic E-state index is 11.3. The summed E-state index contributed by atoms with van der Waals surface area (Å²) in [5.41, 5.74) is 1.02. The minimum atomic E-state index is -0.305. The van der Waals surface area contributed by atoms with Gasteiger partial charge in [-0.1, -0.05) is 12.1 Å². The molecule has 1 amide bonds. The Kier molecular flexibility index (Phi) is 2.72. The largest absolute Gasteiger partial charge is 0.497 e. The van der Waals surface area contributed by atoms with E-state index in [0.717, 1.165) is 11.3 Å². The zero-order chi connectivity index (χ0) is 11.5. The van der Waals surface area contributed by atoms with E-state index in [9.17, 15) is 9.59 Å². The first-order valence-electron chi connectivity index (χ1n) is 4.88. The van der Waals surface area contributed by atoms with Crippen LogP contribution in [0.3, 0.4) is 0 Å². The van der Waals surface area contributed by atoms with E-state index in [1.165, 1.54) is 0 Å². The van der Waals surface area contributed by atoms with Gasteiger partial charge < -0.3 is 10.1 Å². The molecule has 0 atom stereocenters. The van der Waals surface area contributed by atoms with E-state index in [1.807, 2.05) is 0 Å². The number of rotatable bonds is 2. The predicted molar refractivity (Wildman–Crippen MR) is 59.0 cm³/mol. The van der Waals surface area contributed by atoms with Gasteiger partial charge in [0.25, 0.3) is 5.91 Å². The number of hydrogen-bond acceptors (Lipinski definition) is 3. The molecular formula is C12H11NO3. The number of benzene rings is 1. The molecular weight excluding hydrogens is 206 g/mol. The maximum atomic E-state index is 11.3. The Morgan fingerprint density at radius 3 is 2.44 bits per heavy atom. The summed E-state index contributed by atoms with van der Waals surface area (Å²) in [6.07, 6.45) is 1.59. The first kappa shape index (κ1) is 10.4. The molecule has 16 heavy (non-hydrogen) atoms. The number of ketones is 1. The Morgan fingerprint density at radius 2 is 1.94 bits per heavy atom. The number of carbonyl (C=O) groups is 2. The van der Waals surface area contributed by atoms with Crippen LogP contribution in [0.15, 0.2) is 29.8 Å². The van der Waals surface area contributed by atoms with E-state index in [-0.39, 0.29) is 23.8 Å². The van der Waals surface area contributed by atoms with Gasteiger partial charge in [0, 0.05) is 0 Å². The topological polar surface area (TPSA) is 55.4 Å². The molecule has 1 N–H and O–H groups in total. The molecule has 4 nitrogen and oxygen atoms in total. The molecule has 4 heteroatoms. The van der Waals surface area contributed by atoms with Gasteiger partial charge in [0.15, 0.2) is 5.78 Å². The Morgan fingerprint density at radius 1 is 1.25 bits per heavy atom. The fourth-order valence-electron chi connectivity index (χ4n) is 1.49. The van der Waals surface area contributed by atoms with Crippen LogP contribution >= 0.6 is 0 Å². The molecule has 1 fully saturated rings. The minimum Gasteiger partial charge on any atom is -0.497 e. The van der Waals surface area contributed by atoms with Crippen molar-refractivity contribution in [3.05, 3.63) is 35.4 Å². The number of methoxy groups -OCH3 is 1. The third kappa shape index (κ3) is 1.95. The lowest BCUT2D eigenvalue weighted by Crippen LogP contribution is -2.14. The van der Waals surface area contributed by atoms with Crippen LogP contribution in [0, 0.1) is 0 Å². The van der Waals surface area contributed by atoms with Gasteiger partial charge in [-0.3, -0.25) is 9.59 Å². The quantitative estimate of drug-likeness (QED) is 0.588. The summed E-state index contributed by atoms with van der Waals surface area (Å²) in [7, 11) is 1.58. The monoisotopic (exact) mass is 217 g/mol. The smallest absolute Gasteiger partial charge is 0.255 e.